The lowest BCUT2D eigenvalue weighted by molar-refractivity contribution is 0.122. The molecule has 7 nitrogen and oxygen atoms in total. The Balaban J connectivity index is 1.46. The number of carbonyl (C=O) groups excluding carboxylic acids is 1. The highest BCUT2D eigenvalue weighted by molar-refractivity contribution is 5.92. The first kappa shape index (κ1) is 21.0. The molecule has 2 heterocycles. The van der Waals surface area contributed by atoms with Gasteiger partial charge in [-0.2, -0.15) is 4.98 Å². The van der Waals surface area contributed by atoms with E-state index in [1.165, 1.54) is 23.8 Å². The van der Waals surface area contributed by atoms with Gasteiger partial charge in [-0.25, -0.2) is 18.1 Å². The lowest BCUT2D eigenvalue weighted by Gasteiger charge is -2.28. The average molecular weight is 430 g/mol. The van der Waals surface area contributed by atoms with Gasteiger partial charge in [0.25, 0.3) is 0 Å². The SMILES string of the molecule is COc1nc2ccc(N3CCOCC3)cc2n1C(=O)NCCCc1ccc(F)cc1F. The molecule has 1 aromatic heterocycles. The number of carbonyl (C=O) groups is 1. The Morgan fingerprint density at radius 1 is 1.19 bits per heavy atom. The average Bonchev–Trinajstić information content (AvgIpc) is 3.16. The fourth-order valence-electron chi connectivity index (χ4n) is 3.67. The van der Waals surface area contributed by atoms with Gasteiger partial charge >= 0.3 is 12.0 Å². The third-order valence-electron chi connectivity index (χ3n) is 5.28. The van der Waals surface area contributed by atoms with Crippen molar-refractivity contribution < 1.29 is 23.0 Å². The van der Waals surface area contributed by atoms with Gasteiger partial charge in [-0.3, -0.25) is 0 Å². The summed E-state index contributed by atoms with van der Waals surface area (Å²) in [5.41, 5.74) is 2.69. The minimum absolute atomic E-state index is 0.191. The second kappa shape index (κ2) is 9.30. The van der Waals surface area contributed by atoms with E-state index in [1.54, 1.807) is 0 Å². The molecule has 0 spiro atoms. The summed E-state index contributed by atoms with van der Waals surface area (Å²) in [6.07, 6.45) is 0.887. The molecular weight excluding hydrogens is 406 g/mol. The number of morpholine rings is 1. The number of fused-ring (bicyclic) bond motifs is 1. The van der Waals surface area contributed by atoms with Crippen LogP contribution in [-0.4, -0.2) is 55.5 Å². The summed E-state index contributed by atoms with van der Waals surface area (Å²) in [7, 11) is 1.46. The van der Waals surface area contributed by atoms with Crippen LogP contribution in [-0.2, 0) is 11.2 Å². The molecule has 0 unspecified atom stereocenters. The second-order valence-electron chi connectivity index (χ2n) is 7.28. The molecule has 0 saturated carbocycles. The van der Waals surface area contributed by atoms with Crippen LogP contribution in [0.1, 0.15) is 12.0 Å². The molecule has 1 N–H and O–H groups in total. The highest BCUT2D eigenvalue weighted by Crippen LogP contribution is 2.26. The maximum Gasteiger partial charge on any atom is 0.330 e. The zero-order valence-electron chi connectivity index (χ0n) is 17.2. The van der Waals surface area contributed by atoms with Crippen LogP contribution in [0.15, 0.2) is 36.4 Å². The molecule has 2 aromatic carbocycles. The number of nitrogens with zero attached hydrogens (tertiary/aromatic N) is 3. The van der Waals surface area contributed by atoms with Gasteiger partial charge in [0, 0.05) is 31.4 Å². The number of halogens is 2. The zero-order valence-corrected chi connectivity index (χ0v) is 17.2. The normalized spacial score (nSPS) is 14.1. The van der Waals surface area contributed by atoms with Crippen molar-refractivity contribution in [2.24, 2.45) is 0 Å². The number of rotatable bonds is 6. The van der Waals surface area contributed by atoms with Gasteiger partial charge in [0.15, 0.2) is 0 Å². The van der Waals surface area contributed by atoms with E-state index in [0.29, 0.717) is 49.2 Å². The predicted molar refractivity (Wildman–Crippen MR) is 113 cm³/mol. The third kappa shape index (κ3) is 4.61. The van der Waals surface area contributed by atoms with Crippen molar-refractivity contribution in [2.75, 3.05) is 44.9 Å². The highest BCUT2D eigenvalue weighted by Gasteiger charge is 2.19. The summed E-state index contributed by atoms with van der Waals surface area (Å²) < 4.78 is 38.9. The fraction of sp³-hybridized carbons (Fsp3) is 0.364. The predicted octanol–water partition coefficient (Wildman–Crippen LogP) is 3.35. The third-order valence-corrected chi connectivity index (χ3v) is 5.28. The number of benzene rings is 2. The second-order valence-corrected chi connectivity index (χ2v) is 7.28. The molecule has 1 fully saturated rings. The monoisotopic (exact) mass is 430 g/mol. The van der Waals surface area contributed by atoms with Gasteiger partial charge in [0.05, 0.1) is 31.4 Å². The van der Waals surface area contributed by atoms with Gasteiger partial charge in [0.2, 0.25) is 0 Å². The number of hydrogen-bond donors (Lipinski definition) is 1. The molecule has 1 aliphatic rings. The quantitative estimate of drug-likeness (QED) is 0.608. The molecule has 0 radical (unpaired) electrons. The van der Waals surface area contributed by atoms with Gasteiger partial charge in [-0.05, 0) is 42.7 Å². The standard InChI is InChI=1S/C22H24F2N4O3/c1-30-22-26-19-7-6-17(27-9-11-31-12-10-27)14-20(19)28(22)21(29)25-8-2-3-15-4-5-16(23)13-18(15)24/h4-7,13-14H,2-3,8-12H2,1H3,(H,25,29). The van der Waals surface area contributed by atoms with Gasteiger partial charge < -0.3 is 19.7 Å². The molecule has 4 rings (SSSR count). The van der Waals surface area contributed by atoms with Crippen LogP contribution in [0.5, 0.6) is 6.01 Å². The number of aryl methyl sites for hydroxylation is 1. The summed E-state index contributed by atoms with van der Waals surface area (Å²) in [5.74, 6) is -1.19. The van der Waals surface area contributed by atoms with Crippen molar-refractivity contribution in [1.82, 2.24) is 14.9 Å². The number of anilines is 1. The first-order chi connectivity index (χ1) is 15.1. The number of aromatic nitrogens is 2. The number of methoxy groups -OCH3 is 1. The Hall–Kier alpha value is -3.20. The van der Waals surface area contributed by atoms with Crippen LogP contribution in [0.3, 0.4) is 0 Å². The van der Waals surface area contributed by atoms with Crippen LogP contribution in [0.25, 0.3) is 11.0 Å². The zero-order chi connectivity index (χ0) is 21.8. The molecule has 1 saturated heterocycles. The van der Waals surface area contributed by atoms with E-state index in [2.05, 4.69) is 15.2 Å². The van der Waals surface area contributed by atoms with Crippen LogP contribution < -0.4 is 15.0 Å². The van der Waals surface area contributed by atoms with Crippen molar-refractivity contribution in [1.29, 1.82) is 0 Å². The molecule has 0 atom stereocenters. The minimum Gasteiger partial charge on any atom is -0.468 e. The molecule has 0 aliphatic carbocycles. The van der Waals surface area contributed by atoms with Crippen LogP contribution in [0.4, 0.5) is 19.3 Å². The summed E-state index contributed by atoms with van der Waals surface area (Å²) in [6, 6.07) is 9.08. The number of hydrogen-bond acceptors (Lipinski definition) is 5. The number of imidazole rings is 1. The maximum absolute atomic E-state index is 13.8. The summed E-state index contributed by atoms with van der Waals surface area (Å²) in [4.78, 5) is 19.5. The highest BCUT2D eigenvalue weighted by atomic mass is 19.1. The molecule has 0 bridgehead atoms. The van der Waals surface area contributed by atoms with Crippen molar-refractivity contribution in [3.05, 3.63) is 53.6 Å². The van der Waals surface area contributed by atoms with E-state index >= 15 is 0 Å². The smallest absolute Gasteiger partial charge is 0.330 e. The van der Waals surface area contributed by atoms with Crippen molar-refractivity contribution in [2.45, 2.75) is 12.8 Å². The van der Waals surface area contributed by atoms with Crippen molar-refractivity contribution in [3.63, 3.8) is 0 Å². The van der Waals surface area contributed by atoms with E-state index in [9.17, 15) is 13.6 Å². The Bertz CT molecular complexity index is 1080. The summed E-state index contributed by atoms with van der Waals surface area (Å²) >= 11 is 0. The van der Waals surface area contributed by atoms with Gasteiger partial charge in [-0.1, -0.05) is 6.07 Å². The fourth-order valence-corrected chi connectivity index (χ4v) is 3.67. The Labute approximate surface area is 178 Å². The van der Waals surface area contributed by atoms with Crippen LogP contribution in [0.2, 0.25) is 0 Å². The molecular formula is C22H24F2N4O3. The summed E-state index contributed by atoms with van der Waals surface area (Å²) in [5, 5.41) is 2.83. The van der Waals surface area contributed by atoms with E-state index < -0.39 is 11.6 Å². The Kier molecular flexibility index (Phi) is 6.31. The molecule has 9 heteroatoms. The van der Waals surface area contributed by atoms with E-state index in [-0.39, 0.29) is 12.0 Å². The number of ether oxygens (including phenoxy) is 2. The molecule has 31 heavy (non-hydrogen) atoms. The largest absolute Gasteiger partial charge is 0.468 e. The lowest BCUT2D eigenvalue weighted by atomic mass is 10.1. The van der Waals surface area contributed by atoms with Crippen LogP contribution >= 0.6 is 0 Å². The maximum atomic E-state index is 13.8. The van der Waals surface area contributed by atoms with Crippen molar-refractivity contribution in [3.8, 4) is 6.01 Å². The van der Waals surface area contributed by atoms with Crippen molar-refractivity contribution >= 4 is 22.8 Å². The molecule has 3 aromatic rings. The molecule has 1 amide bonds. The first-order valence-corrected chi connectivity index (χ1v) is 10.2. The first-order valence-electron chi connectivity index (χ1n) is 10.2. The van der Waals surface area contributed by atoms with Crippen LogP contribution in [0, 0.1) is 11.6 Å². The van der Waals surface area contributed by atoms with E-state index in [0.717, 1.165) is 24.8 Å². The Morgan fingerprint density at radius 3 is 2.74 bits per heavy atom. The lowest BCUT2D eigenvalue weighted by Crippen LogP contribution is -2.36. The van der Waals surface area contributed by atoms with Gasteiger partial charge in [0.1, 0.15) is 11.6 Å². The minimum atomic E-state index is -0.606. The Morgan fingerprint density at radius 2 is 2.00 bits per heavy atom. The van der Waals surface area contributed by atoms with Gasteiger partial charge in [-0.15, -0.1) is 0 Å². The molecule has 1 aliphatic heterocycles. The van der Waals surface area contributed by atoms with E-state index in [4.69, 9.17) is 9.47 Å². The number of amides is 1. The van der Waals surface area contributed by atoms with E-state index in [1.807, 2.05) is 18.2 Å². The molecule has 164 valence electrons. The number of nitrogens with one attached hydrogen (secondary N) is 1. The summed E-state index contributed by atoms with van der Waals surface area (Å²) in [6.45, 7) is 3.21. The topological polar surface area (TPSA) is 68.6 Å².